The second-order valence-electron chi connectivity index (χ2n) is 11.5. The molecule has 1 heterocycles. The number of hydrogen-bond acceptors (Lipinski definition) is 4. The van der Waals surface area contributed by atoms with Gasteiger partial charge in [-0.2, -0.15) is 5.10 Å². The monoisotopic (exact) mass is 465 g/mol. The predicted molar refractivity (Wildman–Crippen MR) is 137 cm³/mol. The molecule has 5 rings (SSSR count). The first-order chi connectivity index (χ1) is 16.2. The molecule has 2 saturated carbocycles. The second-order valence-corrected chi connectivity index (χ2v) is 11.5. The second kappa shape index (κ2) is 8.67. The first kappa shape index (κ1) is 23.9. The van der Waals surface area contributed by atoms with Crippen LogP contribution in [0.5, 0.6) is 5.75 Å². The van der Waals surface area contributed by atoms with Gasteiger partial charge in [0.15, 0.2) is 0 Å². The number of benzene rings is 1. The standard InChI is InChI=1S/C29H43N3O2/c1-7-28(26-15-24(34-6)14-11-19(26)2)17-27-25(20(3)30-32(27)23-9-8-10-23)16-29(28,33)21(4)31(5)18-22-12-13-22/h11,14-15,21-23,33H,7-10,12-13,16-18H2,1-6H3/t21-,28-,29-/m1/s1. The third-order valence-electron chi connectivity index (χ3n) is 9.64. The molecule has 2 fully saturated rings. The Morgan fingerprint density at radius 2 is 1.94 bits per heavy atom. The summed E-state index contributed by atoms with van der Waals surface area (Å²) in [6.45, 7) is 9.91. The topological polar surface area (TPSA) is 50.5 Å². The van der Waals surface area contributed by atoms with Crippen LogP contribution in [0.1, 0.15) is 86.5 Å². The molecule has 0 radical (unpaired) electrons. The van der Waals surface area contributed by atoms with Crippen molar-refractivity contribution in [3.63, 3.8) is 0 Å². The van der Waals surface area contributed by atoms with Gasteiger partial charge in [0.2, 0.25) is 0 Å². The van der Waals surface area contributed by atoms with Crippen molar-refractivity contribution in [1.29, 1.82) is 0 Å². The molecule has 0 unspecified atom stereocenters. The average Bonchev–Trinajstić information content (AvgIpc) is 3.56. The largest absolute Gasteiger partial charge is 0.497 e. The molecule has 3 atom stereocenters. The van der Waals surface area contributed by atoms with Gasteiger partial charge in [0.25, 0.3) is 0 Å². The minimum absolute atomic E-state index is 0.0262. The average molecular weight is 466 g/mol. The summed E-state index contributed by atoms with van der Waals surface area (Å²) in [7, 11) is 3.94. The van der Waals surface area contributed by atoms with E-state index in [2.05, 4.69) is 56.5 Å². The van der Waals surface area contributed by atoms with E-state index in [1.54, 1.807) is 7.11 Å². The Morgan fingerprint density at radius 1 is 1.21 bits per heavy atom. The van der Waals surface area contributed by atoms with Gasteiger partial charge in [-0.1, -0.05) is 13.0 Å². The Labute approximate surface area is 205 Å². The van der Waals surface area contributed by atoms with Crippen LogP contribution >= 0.6 is 0 Å². The van der Waals surface area contributed by atoms with Gasteiger partial charge in [0.1, 0.15) is 5.75 Å². The highest BCUT2D eigenvalue weighted by Crippen LogP contribution is 2.53. The molecular weight excluding hydrogens is 422 g/mol. The quantitative estimate of drug-likeness (QED) is 0.586. The van der Waals surface area contributed by atoms with Gasteiger partial charge in [-0.25, -0.2) is 0 Å². The molecule has 3 aliphatic rings. The van der Waals surface area contributed by atoms with Gasteiger partial charge < -0.3 is 14.7 Å². The fourth-order valence-electron chi connectivity index (χ4n) is 6.83. The number of aromatic nitrogens is 2. The lowest BCUT2D eigenvalue weighted by Crippen LogP contribution is -2.66. The van der Waals surface area contributed by atoms with Crippen LogP contribution in [0.25, 0.3) is 0 Å². The van der Waals surface area contributed by atoms with E-state index in [-0.39, 0.29) is 6.04 Å². The molecule has 0 aliphatic heterocycles. The maximum atomic E-state index is 13.0. The molecule has 186 valence electrons. The van der Waals surface area contributed by atoms with Gasteiger partial charge in [-0.05, 0) is 101 Å². The van der Waals surface area contributed by atoms with Crippen LogP contribution < -0.4 is 4.74 Å². The molecule has 1 aromatic heterocycles. The zero-order chi connectivity index (χ0) is 24.3. The predicted octanol–water partition coefficient (Wildman–Crippen LogP) is 5.14. The molecule has 34 heavy (non-hydrogen) atoms. The normalized spacial score (nSPS) is 28.0. The van der Waals surface area contributed by atoms with Gasteiger partial charge in [-0.3, -0.25) is 4.68 Å². The zero-order valence-corrected chi connectivity index (χ0v) is 22.0. The van der Waals surface area contributed by atoms with Crippen molar-refractivity contribution in [3.8, 4) is 5.75 Å². The van der Waals surface area contributed by atoms with E-state index in [1.807, 2.05) is 6.07 Å². The Balaban J connectivity index is 1.68. The Bertz CT molecular complexity index is 1050. The summed E-state index contributed by atoms with van der Waals surface area (Å²) < 4.78 is 8.02. The summed E-state index contributed by atoms with van der Waals surface area (Å²) in [4.78, 5) is 2.42. The summed E-state index contributed by atoms with van der Waals surface area (Å²) >= 11 is 0. The van der Waals surface area contributed by atoms with Crippen LogP contribution in [-0.2, 0) is 18.3 Å². The lowest BCUT2D eigenvalue weighted by molar-refractivity contribution is -0.105. The van der Waals surface area contributed by atoms with Crippen molar-refractivity contribution in [2.24, 2.45) is 5.92 Å². The summed E-state index contributed by atoms with van der Waals surface area (Å²) in [6.07, 6.45) is 8.71. The molecular formula is C29H43N3O2. The highest BCUT2D eigenvalue weighted by atomic mass is 16.5. The molecule has 0 amide bonds. The van der Waals surface area contributed by atoms with Crippen LogP contribution in [0.4, 0.5) is 0 Å². The lowest BCUT2D eigenvalue weighted by atomic mass is 9.54. The molecule has 5 heteroatoms. The van der Waals surface area contributed by atoms with Gasteiger partial charge in [0, 0.05) is 36.5 Å². The van der Waals surface area contributed by atoms with Crippen molar-refractivity contribution in [2.45, 2.75) is 102 Å². The van der Waals surface area contributed by atoms with Crippen LogP contribution in [0.3, 0.4) is 0 Å². The molecule has 3 aliphatic carbocycles. The zero-order valence-electron chi connectivity index (χ0n) is 22.0. The molecule has 5 nitrogen and oxygen atoms in total. The van der Waals surface area contributed by atoms with Crippen molar-refractivity contribution in [2.75, 3.05) is 20.7 Å². The van der Waals surface area contributed by atoms with Crippen molar-refractivity contribution < 1.29 is 9.84 Å². The van der Waals surface area contributed by atoms with Gasteiger partial charge in [0.05, 0.1) is 24.4 Å². The summed E-state index contributed by atoms with van der Waals surface area (Å²) in [6, 6.07) is 6.94. The minimum atomic E-state index is -0.909. The highest BCUT2D eigenvalue weighted by molar-refractivity contribution is 5.48. The fraction of sp³-hybridized carbons (Fsp3) is 0.690. The smallest absolute Gasteiger partial charge is 0.119 e. The van der Waals surface area contributed by atoms with E-state index < -0.39 is 11.0 Å². The number of fused-ring (bicyclic) bond motifs is 1. The Hall–Kier alpha value is -1.85. The summed E-state index contributed by atoms with van der Waals surface area (Å²) in [5, 5.41) is 18.0. The van der Waals surface area contributed by atoms with Crippen molar-refractivity contribution >= 4 is 0 Å². The number of methoxy groups -OCH3 is 1. The maximum absolute atomic E-state index is 13.0. The molecule has 0 saturated heterocycles. The van der Waals surface area contributed by atoms with E-state index in [4.69, 9.17) is 9.84 Å². The van der Waals surface area contributed by atoms with Gasteiger partial charge >= 0.3 is 0 Å². The highest BCUT2D eigenvalue weighted by Gasteiger charge is 2.59. The van der Waals surface area contributed by atoms with E-state index >= 15 is 0 Å². The molecule has 2 aromatic rings. The lowest BCUT2D eigenvalue weighted by Gasteiger charge is -2.56. The van der Waals surface area contributed by atoms with Crippen molar-refractivity contribution in [3.05, 3.63) is 46.3 Å². The number of likely N-dealkylation sites (N-methyl/N-ethyl adjacent to an activating group) is 1. The maximum Gasteiger partial charge on any atom is 0.119 e. The third-order valence-corrected chi connectivity index (χ3v) is 9.64. The Morgan fingerprint density at radius 3 is 2.53 bits per heavy atom. The first-order valence-corrected chi connectivity index (χ1v) is 13.4. The van der Waals surface area contributed by atoms with E-state index in [0.29, 0.717) is 12.5 Å². The third kappa shape index (κ3) is 3.62. The number of nitrogens with zero attached hydrogens (tertiary/aromatic N) is 3. The van der Waals surface area contributed by atoms with Crippen LogP contribution in [0.2, 0.25) is 0 Å². The van der Waals surface area contributed by atoms with E-state index in [1.165, 1.54) is 54.5 Å². The number of rotatable bonds is 8. The molecule has 1 aromatic carbocycles. The molecule has 1 N–H and O–H groups in total. The van der Waals surface area contributed by atoms with Crippen LogP contribution in [0, 0.1) is 19.8 Å². The summed E-state index contributed by atoms with van der Waals surface area (Å²) in [5.74, 6) is 1.65. The Kier molecular flexibility index (Phi) is 6.09. The number of aryl methyl sites for hydroxylation is 2. The summed E-state index contributed by atoms with van der Waals surface area (Å²) in [5.41, 5.74) is 4.88. The van der Waals surface area contributed by atoms with Gasteiger partial charge in [-0.15, -0.1) is 0 Å². The minimum Gasteiger partial charge on any atom is -0.497 e. The molecule has 0 spiro atoms. The number of aliphatic hydroxyl groups is 1. The van der Waals surface area contributed by atoms with E-state index in [9.17, 15) is 5.11 Å². The molecule has 0 bridgehead atoms. The SMILES string of the molecule is CC[C@]1(c2cc(OC)ccc2C)Cc2c(c(C)nn2C2CCC2)C[C@@]1(O)[C@@H](C)N(C)CC1CC1. The van der Waals surface area contributed by atoms with Crippen LogP contribution in [-0.4, -0.2) is 52.1 Å². The number of ether oxygens (including phenoxy) is 1. The fourth-order valence-corrected chi connectivity index (χ4v) is 6.83. The van der Waals surface area contributed by atoms with Crippen molar-refractivity contribution in [1.82, 2.24) is 14.7 Å². The first-order valence-electron chi connectivity index (χ1n) is 13.4. The number of hydrogen-bond donors (Lipinski definition) is 1. The van der Waals surface area contributed by atoms with E-state index in [0.717, 1.165) is 36.7 Å². The van der Waals surface area contributed by atoms with Crippen LogP contribution in [0.15, 0.2) is 18.2 Å².